The van der Waals surface area contributed by atoms with E-state index in [0.29, 0.717) is 16.7 Å². The van der Waals surface area contributed by atoms with Crippen LogP contribution in [-0.2, 0) is 7.05 Å². The molecule has 19 heavy (non-hydrogen) atoms. The Morgan fingerprint density at radius 3 is 3.05 bits per heavy atom. The van der Waals surface area contributed by atoms with Crippen molar-refractivity contribution in [2.75, 3.05) is 5.32 Å². The molecule has 9 heteroatoms. The minimum Gasteiger partial charge on any atom is -0.358 e. The summed E-state index contributed by atoms with van der Waals surface area (Å²) in [5.74, 6) is 0.0106. The molecule has 1 aromatic carbocycles. The Kier molecular flexibility index (Phi) is 2.37. The van der Waals surface area contributed by atoms with Crippen LogP contribution in [0, 0.1) is 10.1 Å². The maximum absolute atomic E-state index is 10.9. The molecular formula is C10H8N6O3. The van der Waals surface area contributed by atoms with Crippen LogP contribution >= 0.6 is 0 Å². The van der Waals surface area contributed by atoms with Crippen LogP contribution in [0.5, 0.6) is 0 Å². The molecule has 0 aliphatic rings. The van der Waals surface area contributed by atoms with Gasteiger partial charge in [-0.2, -0.15) is 0 Å². The summed E-state index contributed by atoms with van der Waals surface area (Å²) in [7, 11) is 1.66. The van der Waals surface area contributed by atoms with Crippen molar-refractivity contribution in [3.05, 3.63) is 34.6 Å². The minimum absolute atomic E-state index is 0.254. The number of aromatic nitrogens is 4. The molecule has 0 bridgehead atoms. The van der Waals surface area contributed by atoms with Gasteiger partial charge in [0.15, 0.2) is 5.52 Å². The van der Waals surface area contributed by atoms with Crippen LogP contribution in [-0.4, -0.2) is 24.8 Å². The molecule has 3 aromatic rings. The minimum atomic E-state index is -0.552. The van der Waals surface area contributed by atoms with Crippen molar-refractivity contribution in [1.82, 2.24) is 19.9 Å². The predicted octanol–water partition coefficient (Wildman–Crippen LogP) is 1.61. The molecule has 0 saturated heterocycles. The number of rotatable bonds is 3. The molecular weight excluding hydrogens is 252 g/mol. The molecule has 3 rings (SSSR count). The second-order valence-electron chi connectivity index (χ2n) is 3.85. The van der Waals surface area contributed by atoms with Crippen LogP contribution in [0.1, 0.15) is 0 Å². The second kappa shape index (κ2) is 4.05. The van der Waals surface area contributed by atoms with Gasteiger partial charge in [-0.05, 0) is 32.4 Å². The Bertz CT molecular complexity index is 762. The first-order valence-electron chi connectivity index (χ1n) is 5.31. The van der Waals surface area contributed by atoms with Crippen molar-refractivity contribution < 1.29 is 9.55 Å². The van der Waals surface area contributed by atoms with E-state index >= 15 is 0 Å². The van der Waals surface area contributed by atoms with Crippen molar-refractivity contribution >= 4 is 28.4 Å². The van der Waals surface area contributed by atoms with E-state index in [1.54, 1.807) is 25.2 Å². The maximum atomic E-state index is 10.9. The molecule has 0 fully saturated rings. The van der Waals surface area contributed by atoms with Gasteiger partial charge in [0.2, 0.25) is 12.1 Å². The van der Waals surface area contributed by atoms with Crippen LogP contribution in [0.25, 0.3) is 11.0 Å². The van der Waals surface area contributed by atoms with Gasteiger partial charge in [0, 0.05) is 7.05 Å². The Hall–Kier alpha value is -2.97. The summed E-state index contributed by atoms with van der Waals surface area (Å²) in [4.78, 5) is 14.1. The highest BCUT2D eigenvalue weighted by atomic mass is 16.6. The van der Waals surface area contributed by atoms with Crippen LogP contribution < -0.4 is 5.32 Å². The number of hydrogen-bond acceptors (Lipinski definition) is 7. The number of imidazole rings is 1. The van der Waals surface area contributed by atoms with E-state index in [4.69, 9.17) is 0 Å². The van der Waals surface area contributed by atoms with Gasteiger partial charge in [0.25, 0.3) is 0 Å². The quantitative estimate of drug-likeness (QED) is 0.562. The molecule has 0 aliphatic carbocycles. The van der Waals surface area contributed by atoms with E-state index < -0.39 is 4.92 Å². The fourth-order valence-corrected chi connectivity index (χ4v) is 1.73. The smallest absolute Gasteiger partial charge is 0.358 e. The summed E-state index contributed by atoms with van der Waals surface area (Å²) in [6.07, 6.45) is 1.36. The van der Waals surface area contributed by atoms with Crippen molar-refractivity contribution in [3.63, 3.8) is 0 Å². The lowest BCUT2D eigenvalue weighted by Crippen LogP contribution is -2.01. The Morgan fingerprint density at radius 1 is 1.42 bits per heavy atom. The topological polar surface area (TPSA) is 112 Å². The van der Waals surface area contributed by atoms with Gasteiger partial charge in [0.1, 0.15) is 5.52 Å². The van der Waals surface area contributed by atoms with E-state index in [0.717, 1.165) is 0 Å². The fraction of sp³-hybridized carbons (Fsp3) is 0.100. The predicted molar refractivity (Wildman–Crippen MR) is 64.9 cm³/mol. The number of anilines is 2. The molecule has 0 unspecified atom stereocenters. The highest BCUT2D eigenvalue weighted by Crippen LogP contribution is 2.28. The zero-order chi connectivity index (χ0) is 13.4. The highest BCUT2D eigenvalue weighted by molar-refractivity contribution is 5.89. The normalized spacial score (nSPS) is 10.8. The standard InChI is InChI=1S/C10H8N6O3/c1-15-5-11-9(16(17)18)10(15)12-6-3-2-4-7-8(6)14-19-13-7/h2-5,12H,1H3. The number of aryl methyl sites for hydroxylation is 1. The van der Waals surface area contributed by atoms with E-state index in [1.165, 1.54) is 10.9 Å². The van der Waals surface area contributed by atoms with Crippen molar-refractivity contribution in [1.29, 1.82) is 0 Å². The summed E-state index contributed by atoms with van der Waals surface area (Å²) in [5, 5.41) is 21.3. The lowest BCUT2D eigenvalue weighted by molar-refractivity contribution is -0.388. The monoisotopic (exact) mass is 260 g/mol. The number of nitro groups is 1. The van der Waals surface area contributed by atoms with E-state index in [-0.39, 0.29) is 11.6 Å². The van der Waals surface area contributed by atoms with Gasteiger partial charge >= 0.3 is 5.82 Å². The zero-order valence-corrected chi connectivity index (χ0v) is 9.77. The van der Waals surface area contributed by atoms with Crippen molar-refractivity contribution in [2.45, 2.75) is 0 Å². The third kappa shape index (κ3) is 1.76. The van der Waals surface area contributed by atoms with Crippen LogP contribution in [0.4, 0.5) is 17.3 Å². The molecule has 9 nitrogen and oxygen atoms in total. The van der Waals surface area contributed by atoms with Crippen LogP contribution in [0.2, 0.25) is 0 Å². The average molecular weight is 260 g/mol. The Balaban J connectivity index is 2.08. The third-order valence-electron chi connectivity index (χ3n) is 2.63. The van der Waals surface area contributed by atoms with Crippen LogP contribution in [0.3, 0.4) is 0 Å². The Morgan fingerprint density at radius 2 is 2.26 bits per heavy atom. The molecule has 0 radical (unpaired) electrons. The summed E-state index contributed by atoms with van der Waals surface area (Å²) in [6.45, 7) is 0. The van der Waals surface area contributed by atoms with Gasteiger partial charge < -0.3 is 15.4 Å². The summed E-state index contributed by atoms with van der Waals surface area (Å²) in [6, 6.07) is 5.20. The molecule has 0 aliphatic heterocycles. The molecule has 2 aromatic heterocycles. The first-order chi connectivity index (χ1) is 9.16. The van der Waals surface area contributed by atoms with E-state index in [1.807, 2.05) is 0 Å². The van der Waals surface area contributed by atoms with Crippen molar-refractivity contribution in [2.24, 2.45) is 7.05 Å². The number of fused-ring (bicyclic) bond motifs is 1. The molecule has 96 valence electrons. The number of hydrogen-bond donors (Lipinski definition) is 1. The molecule has 0 spiro atoms. The lowest BCUT2D eigenvalue weighted by atomic mass is 10.2. The second-order valence-corrected chi connectivity index (χ2v) is 3.85. The van der Waals surface area contributed by atoms with Gasteiger partial charge in [-0.15, -0.1) is 0 Å². The number of nitrogens with one attached hydrogen (secondary N) is 1. The fourth-order valence-electron chi connectivity index (χ4n) is 1.73. The molecule has 1 N–H and O–H groups in total. The van der Waals surface area contributed by atoms with Gasteiger partial charge in [-0.3, -0.25) is 4.57 Å². The highest BCUT2D eigenvalue weighted by Gasteiger charge is 2.21. The summed E-state index contributed by atoms with van der Waals surface area (Å²) >= 11 is 0. The maximum Gasteiger partial charge on any atom is 0.406 e. The molecule has 0 atom stereocenters. The molecule has 0 saturated carbocycles. The SMILES string of the molecule is Cn1cnc([N+](=O)[O-])c1Nc1cccc2nonc12. The first kappa shape index (κ1) is 11.1. The summed E-state index contributed by atoms with van der Waals surface area (Å²) in [5.41, 5.74) is 1.62. The average Bonchev–Trinajstić information content (AvgIpc) is 2.97. The number of nitrogens with zero attached hydrogens (tertiary/aromatic N) is 5. The molecule has 2 heterocycles. The van der Waals surface area contributed by atoms with Gasteiger partial charge in [0.05, 0.1) is 5.69 Å². The third-order valence-corrected chi connectivity index (χ3v) is 2.63. The summed E-state index contributed by atoms with van der Waals surface area (Å²) < 4.78 is 6.15. The van der Waals surface area contributed by atoms with E-state index in [9.17, 15) is 10.1 Å². The first-order valence-corrected chi connectivity index (χ1v) is 5.31. The van der Waals surface area contributed by atoms with Gasteiger partial charge in [-0.1, -0.05) is 6.07 Å². The zero-order valence-electron chi connectivity index (χ0n) is 9.77. The molecule has 0 amide bonds. The van der Waals surface area contributed by atoms with Gasteiger partial charge in [-0.25, -0.2) is 4.63 Å². The van der Waals surface area contributed by atoms with Crippen LogP contribution in [0.15, 0.2) is 29.2 Å². The number of benzene rings is 1. The Labute approximate surface area is 106 Å². The van der Waals surface area contributed by atoms with E-state index in [2.05, 4.69) is 25.2 Å². The largest absolute Gasteiger partial charge is 0.406 e. The van der Waals surface area contributed by atoms with Crippen molar-refractivity contribution in [3.8, 4) is 0 Å². The lowest BCUT2D eigenvalue weighted by Gasteiger charge is -2.05.